The van der Waals surface area contributed by atoms with E-state index in [-0.39, 0.29) is 0 Å². The number of fused-ring (bicyclic) bond motifs is 1. The van der Waals surface area contributed by atoms with E-state index >= 15 is 0 Å². The molecule has 0 saturated carbocycles. The smallest absolute Gasteiger partial charge is 0.225 e. The number of pyridine rings is 1. The average Bonchev–Trinajstić information content (AvgIpc) is 3.71. The first kappa shape index (κ1) is 22.3. The van der Waals surface area contributed by atoms with Crippen LogP contribution in [-0.2, 0) is 0 Å². The Morgan fingerprint density at radius 1 is 0.553 bits per heavy atom. The molecule has 0 spiro atoms. The normalized spacial score (nSPS) is 11.2. The van der Waals surface area contributed by atoms with E-state index in [4.69, 9.17) is 9.40 Å². The largest absolute Gasteiger partial charge is 0.445 e. The molecule has 180 valence electrons. The Bertz CT molecular complexity index is 1830. The van der Waals surface area contributed by atoms with Crippen LogP contribution in [0.4, 0.5) is 0 Å². The number of hydrogen-bond acceptors (Lipinski definition) is 5. The Balaban J connectivity index is 1.10. The lowest BCUT2D eigenvalue weighted by molar-refractivity contribution is 0.574. The molecule has 3 heterocycles. The highest BCUT2D eigenvalue weighted by atomic mass is 32.1. The SMILES string of the molecule is c1ccc2c(-c3ccc(-c4ccc(-c5nc(-c6ccc(-c7ncco7)cc6)cs5)cc4)cc3)nccc2c1. The first-order valence-electron chi connectivity index (χ1n) is 12.3. The van der Waals surface area contributed by atoms with Crippen molar-refractivity contribution in [1.29, 1.82) is 0 Å². The maximum atomic E-state index is 5.38. The number of rotatable bonds is 5. The molecule has 4 nitrogen and oxygen atoms in total. The van der Waals surface area contributed by atoms with Gasteiger partial charge < -0.3 is 4.42 Å². The molecule has 0 fully saturated rings. The Kier molecular flexibility index (Phi) is 5.61. The molecule has 7 rings (SSSR count). The zero-order valence-electron chi connectivity index (χ0n) is 20.3. The van der Waals surface area contributed by atoms with Crippen LogP contribution in [0.1, 0.15) is 0 Å². The van der Waals surface area contributed by atoms with Crippen LogP contribution in [0.3, 0.4) is 0 Å². The Morgan fingerprint density at radius 3 is 1.95 bits per heavy atom. The maximum absolute atomic E-state index is 5.38. The second-order valence-corrected chi connectivity index (χ2v) is 9.85. The zero-order chi connectivity index (χ0) is 25.3. The number of nitrogens with zero attached hydrogens (tertiary/aromatic N) is 3. The predicted molar refractivity (Wildman–Crippen MR) is 155 cm³/mol. The van der Waals surface area contributed by atoms with Crippen molar-refractivity contribution >= 4 is 22.1 Å². The Morgan fingerprint density at radius 2 is 1.21 bits per heavy atom. The molecule has 0 radical (unpaired) electrons. The molecule has 0 atom stereocenters. The van der Waals surface area contributed by atoms with Gasteiger partial charge in [0.05, 0.1) is 17.6 Å². The number of benzene rings is 4. The van der Waals surface area contributed by atoms with Crippen molar-refractivity contribution in [3.8, 4) is 55.7 Å². The molecule has 0 bridgehead atoms. The van der Waals surface area contributed by atoms with Crippen LogP contribution in [0.15, 0.2) is 132 Å². The highest BCUT2D eigenvalue weighted by Gasteiger charge is 2.10. The van der Waals surface area contributed by atoms with E-state index in [9.17, 15) is 0 Å². The summed E-state index contributed by atoms with van der Waals surface area (Å²) in [6.07, 6.45) is 5.11. The molecular formula is C33H21N3OS. The molecule has 0 aliphatic heterocycles. The van der Waals surface area contributed by atoms with Gasteiger partial charge in [-0.15, -0.1) is 11.3 Å². The highest BCUT2D eigenvalue weighted by molar-refractivity contribution is 7.13. The van der Waals surface area contributed by atoms with Gasteiger partial charge in [-0.3, -0.25) is 4.98 Å². The van der Waals surface area contributed by atoms with E-state index in [1.807, 2.05) is 18.3 Å². The molecule has 38 heavy (non-hydrogen) atoms. The van der Waals surface area contributed by atoms with Crippen molar-refractivity contribution in [2.24, 2.45) is 0 Å². The molecule has 4 aromatic carbocycles. The summed E-state index contributed by atoms with van der Waals surface area (Å²) in [5.41, 5.74) is 8.56. The van der Waals surface area contributed by atoms with E-state index in [2.05, 4.69) is 106 Å². The summed E-state index contributed by atoms with van der Waals surface area (Å²) in [5, 5.41) is 5.47. The standard InChI is InChI=1S/C33H21N3OS/c1-2-4-29-24(3-1)17-18-34-31(29)26-11-5-22(6-12-26)23-7-15-28(16-8-23)33-36-30(21-38-33)25-9-13-27(14-10-25)32-35-19-20-37-32/h1-21H. The van der Waals surface area contributed by atoms with E-state index in [0.29, 0.717) is 5.89 Å². The third kappa shape index (κ3) is 4.19. The van der Waals surface area contributed by atoms with Gasteiger partial charge in [0.1, 0.15) is 11.3 Å². The Labute approximate surface area is 223 Å². The number of hydrogen-bond donors (Lipinski definition) is 0. The summed E-state index contributed by atoms with van der Waals surface area (Å²) in [7, 11) is 0. The molecule has 0 aliphatic rings. The first-order chi connectivity index (χ1) is 18.8. The summed E-state index contributed by atoms with van der Waals surface area (Å²) in [4.78, 5) is 13.7. The molecule has 0 amide bonds. The fourth-order valence-corrected chi connectivity index (χ4v) is 5.50. The summed E-state index contributed by atoms with van der Waals surface area (Å²) in [5.74, 6) is 0.621. The van der Waals surface area contributed by atoms with Gasteiger partial charge in [0, 0.05) is 39.2 Å². The minimum absolute atomic E-state index is 0.621. The van der Waals surface area contributed by atoms with Gasteiger partial charge in [0.25, 0.3) is 0 Å². The van der Waals surface area contributed by atoms with E-state index < -0.39 is 0 Å². The van der Waals surface area contributed by atoms with Gasteiger partial charge in [-0.05, 0) is 34.7 Å². The molecule has 0 saturated heterocycles. The van der Waals surface area contributed by atoms with Crippen LogP contribution >= 0.6 is 11.3 Å². The third-order valence-electron chi connectivity index (χ3n) is 6.66. The van der Waals surface area contributed by atoms with Crippen molar-refractivity contribution in [2.45, 2.75) is 0 Å². The second kappa shape index (κ2) is 9.54. The van der Waals surface area contributed by atoms with Crippen molar-refractivity contribution in [1.82, 2.24) is 15.0 Å². The average molecular weight is 508 g/mol. The van der Waals surface area contributed by atoms with Crippen LogP contribution in [0.25, 0.3) is 66.4 Å². The van der Waals surface area contributed by atoms with Gasteiger partial charge in [0.15, 0.2) is 0 Å². The maximum Gasteiger partial charge on any atom is 0.225 e. The molecular weight excluding hydrogens is 486 g/mol. The summed E-state index contributed by atoms with van der Waals surface area (Å²) in [6, 6.07) is 35.8. The lowest BCUT2D eigenvalue weighted by Gasteiger charge is -2.08. The molecule has 3 aromatic heterocycles. The molecule has 0 unspecified atom stereocenters. The quantitative estimate of drug-likeness (QED) is 0.233. The highest BCUT2D eigenvalue weighted by Crippen LogP contribution is 2.33. The van der Waals surface area contributed by atoms with E-state index in [1.54, 1.807) is 23.8 Å². The van der Waals surface area contributed by atoms with Gasteiger partial charge in [-0.1, -0.05) is 84.9 Å². The van der Waals surface area contributed by atoms with Crippen LogP contribution in [-0.4, -0.2) is 15.0 Å². The van der Waals surface area contributed by atoms with Crippen LogP contribution in [0, 0.1) is 0 Å². The minimum atomic E-state index is 0.621. The minimum Gasteiger partial charge on any atom is -0.445 e. The van der Waals surface area contributed by atoms with E-state index in [0.717, 1.165) is 38.6 Å². The fraction of sp³-hybridized carbons (Fsp3) is 0. The number of aromatic nitrogens is 3. The fourth-order valence-electron chi connectivity index (χ4n) is 4.66. The van der Waals surface area contributed by atoms with Gasteiger partial charge in [-0.25, -0.2) is 9.97 Å². The van der Waals surface area contributed by atoms with E-state index in [1.165, 1.54) is 21.9 Å². The lowest BCUT2D eigenvalue weighted by atomic mass is 9.99. The van der Waals surface area contributed by atoms with Crippen molar-refractivity contribution in [3.05, 3.63) is 127 Å². The monoisotopic (exact) mass is 507 g/mol. The third-order valence-corrected chi connectivity index (χ3v) is 7.55. The molecule has 7 aromatic rings. The van der Waals surface area contributed by atoms with Gasteiger partial charge >= 0.3 is 0 Å². The summed E-state index contributed by atoms with van der Waals surface area (Å²) < 4.78 is 5.38. The van der Waals surface area contributed by atoms with Crippen LogP contribution in [0.2, 0.25) is 0 Å². The zero-order valence-corrected chi connectivity index (χ0v) is 21.1. The first-order valence-corrected chi connectivity index (χ1v) is 13.2. The summed E-state index contributed by atoms with van der Waals surface area (Å²) in [6.45, 7) is 0. The van der Waals surface area contributed by atoms with Crippen LogP contribution in [0.5, 0.6) is 0 Å². The predicted octanol–water partition coefficient (Wildman–Crippen LogP) is 9.01. The second-order valence-electron chi connectivity index (χ2n) is 8.99. The van der Waals surface area contributed by atoms with Gasteiger partial charge in [-0.2, -0.15) is 0 Å². The van der Waals surface area contributed by atoms with Gasteiger partial charge in [0.2, 0.25) is 5.89 Å². The van der Waals surface area contributed by atoms with Crippen molar-refractivity contribution < 1.29 is 4.42 Å². The Hall–Kier alpha value is -4.87. The van der Waals surface area contributed by atoms with Crippen molar-refractivity contribution in [2.75, 3.05) is 0 Å². The topological polar surface area (TPSA) is 51.8 Å². The van der Waals surface area contributed by atoms with Crippen LogP contribution < -0.4 is 0 Å². The molecule has 5 heteroatoms. The summed E-state index contributed by atoms with van der Waals surface area (Å²) >= 11 is 1.65. The number of oxazole rings is 1. The number of thiazole rings is 1. The van der Waals surface area contributed by atoms with Crippen molar-refractivity contribution in [3.63, 3.8) is 0 Å². The lowest BCUT2D eigenvalue weighted by Crippen LogP contribution is -1.86. The molecule has 0 aliphatic carbocycles. The molecule has 0 N–H and O–H groups in total.